The lowest BCUT2D eigenvalue weighted by molar-refractivity contribution is -0.0917. The van der Waals surface area contributed by atoms with Crippen LogP contribution in [-0.2, 0) is 11.3 Å². The maximum Gasteiger partial charge on any atom is 0.271 e. The van der Waals surface area contributed by atoms with Gasteiger partial charge in [0.15, 0.2) is 0 Å². The van der Waals surface area contributed by atoms with E-state index in [2.05, 4.69) is 24.1 Å². The van der Waals surface area contributed by atoms with Crippen molar-refractivity contribution < 1.29 is 9.53 Å². The number of nitrogens with one attached hydrogen (secondary N) is 1. The van der Waals surface area contributed by atoms with Gasteiger partial charge in [0, 0.05) is 31.9 Å². The van der Waals surface area contributed by atoms with Gasteiger partial charge in [0.25, 0.3) is 5.91 Å². The molecule has 21 heavy (non-hydrogen) atoms. The van der Waals surface area contributed by atoms with Crippen molar-refractivity contribution in [3.8, 4) is 0 Å². The molecule has 0 aromatic carbocycles. The second-order valence-corrected chi connectivity index (χ2v) is 5.69. The van der Waals surface area contributed by atoms with Gasteiger partial charge < -0.3 is 20.4 Å². The van der Waals surface area contributed by atoms with Crippen molar-refractivity contribution in [2.45, 2.75) is 57.7 Å². The monoisotopic (exact) mass is 294 g/mol. The van der Waals surface area contributed by atoms with Crippen LogP contribution in [0.3, 0.4) is 0 Å². The largest absolute Gasteiger partial charge is 0.375 e. The van der Waals surface area contributed by atoms with E-state index in [0.29, 0.717) is 25.4 Å². The number of carbonyl (C=O) groups is 1. The van der Waals surface area contributed by atoms with Gasteiger partial charge in [-0.05, 0) is 25.7 Å². The predicted octanol–water partition coefficient (Wildman–Crippen LogP) is 1.31. The minimum atomic E-state index is -0.112. The average molecular weight is 294 g/mol. The molecule has 1 aromatic heterocycles. The topological polar surface area (TPSA) is 82.2 Å². The molecule has 0 radical (unpaired) electrons. The first kappa shape index (κ1) is 16.0. The summed E-state index contributed by atoms with van der Waals surface area (Å²) in [6, 6.07) is 0.158. The molecule has 0 spiro atoms. The first-order valence-electron chi connectivity index (χ1n) is 7.79. The fourth-order valence-electron chi connectivity index (χ4n) is 2.90. The molecule has 1 aliphatic heterocycles. The number of nitrogens with two attached hydrogens (primary N) is 1. The Labute approximate surface area is 126 Å². The molecule has 1 aromatic rings. The van der Waals surface area contributed by atoms with E-state index < -0.39 is 0 Å². The summed E-state index contributed by atoms with van der Waals surface area (Å²) in [7, 11) is 0. The highest BCUT2D eigenvalue weighted by molar-refractivity contribution is 5.92. The molecule has 1 amide bonds. The van der Waals surface area contributed by atoms with E-state index in [0.717, 1.165) is 25.7 Å². The summed E-state index contributed by atoms with van der Waals surface area (Å²) < 4.78 is 7.77. The van der Waals surface area contributed by atoms with Crippen LogP contribution < -0.4 is 11.1 Å². The van der Waals surface area contributed by atoms with Crippen molar-refractivity contribution in [3.05, 3.63) is 18.2 Å². The van der Waals surface area contributed by atoms with Gasteiger partial charge in [-0.2, -0.15) is 0 Å². The molecule has 1 fully saturated rings. The Morgan fingerprint density at radius 3 is 3.00 bits per heavy atom. The molecule has 2 rings (SSSR count). The van der Waals surface area contributed by atoms with Gasteiger partial charge in [-0.3, -0.25) is 4.79 Å². The molecule has 118 valence electrons. The van der Waals surface area contributed by atoms with Gasteiger partial charge in [-0.15, -0.1) is 0 Å². The Balaban J connectivity index is 1.95. The van der Waals surface area contributed by atoms with Crippen LogP contribution >= 0.6 is 0 Å². The van der Waals surface area contributed by atoms with E-state index in [1.54, 1.807) is 12.5 Å². The second kappa shape index (κ2) is 7.04. The molecule has 0 bridgehead atoms. The first-order chi connectivity index (χ1) is 10.1. The molecular formula is C15H26N4O2. The number of aromatic nitrogens is 2. The van der Waals surface area contributed by atoms with Gasteiger partial charge in [-0.25, -0.2) is 4.98 Å². The summed E-state index contributed by atoms with van der Waals surface area (Å²) in [4.78, 5) is 16.4. The standard InChI is InChI=1S/C15H26N4O2/c1-3-15(4-2)9-12(5-8-21-15)18-14(20)13-10-19(7-6-16)11-17-13/h10-12H,3-9,16H2,1-2H3,(H,18,20). The van der Waals surface area contributed by atoms with Gasteiger partial charge in [0.1, 0.15) is 5.69 Å². The maximum absolute atomic E-state index is 12.3. The molecule has 3 N–H and O–H groups in total. The molecule has 1 saturated heterocycles. The minimum absolute atomic E-state index is 0.0882. The quantitative estimate of drug-likeness (QED) is 0.828. The van der Waals surface area contributed by atoms with Gasteiger partial charge in [0.2, 0.25) is 0 Å². The third-order valence-electron chi connectivity index (χ3n) is 4.37. The number of hydrogen-bond acceptors (Lipinski definition) is 4. The minimum Gasteiger partial charge on any atom is -0.375 e. The van der Waals surface area contributed by atoms with Crippen molar-refractivity contribution in [2.24, 2.45) is 5.73 Å². The van der Waals surface area contributed by atoms with Crippen LogP contribution in [0.4, 0.5) is 0 Å². The highest BCUT2D eigenvalue weighted by atomic mass is 16.5. The number of hydrogen-bond donors (Lipinski definition) is 2. The molecular weight excluding hydrogens is 268 g/mol. The van der Waals surface area contributed by atoms with Crippen LogP contribution in [0, 0.1) is 0 Å². The van der Waals surface area contributed by atoms with Gasteiger partial charge >= 0.3 is 0 Å². The highest BCUT2D eigenvalue weighted by Gasteiger charge is 2.35. The van der Waals surface area contributed by atoms with E-state index in [1.165, 1.54) is 0 Å². The molecule has 1 unspecified atom stereocenters. The van der Waals surface area contributed by atoms with Crippen molar-refractivity contribution in [1.82, 2.24) is 14.9 Å². The summed E-state index contributed by atoms with van der Waals surface area (Å²) in [5.74, 6) is -0.112. The molecule has 6 heteroatoms. The predicted molar refractivity (Wildman–Crippen MR) is 81.0 cm³/mol. The van der Waals surface area contributed by atoms with Gasteiger partial charge in [-0.1, -0.05) is 13.8 Å². The Kier molecular flexibility index (Phi) is 5.36. The van der Waals surface area contributed by atoms with E-state index in [4.69, 9.17) is 10.5 Å². The van der Waals surface area contributed by atoms with E-state index in [1.807, 2.05) is 4.57 Å². The summed E-state index contributed by atoms with van der Waals surface area (Å²) in [5.41, 5.74) is 5.86. The Hall–Kier alpha value is -1.40. The number of nitrogens with zero attached hydrogens (tertiary/aromatic N) is 2. The third-order valence-corrected chi connectivity index (χ3v) is 4.37. The van der Waals surface area contributed by atoms with Crippen LogP contribution in [0.1, 0.15) is 50.0 Å². The van der Waals surface area contributed by atoms with Crippen molar-refractivity contribution in [3.63, 3.8) is 0 Å². The molecule has 0 aliphatic carbocycles. The van der Waals surface area contributed by atoms with Crippen LogP contribution in [-0.4, -0.2) is 40.3 Å². The zero-order valence-corrected chi connectivity index (χ0v) is 13.0. The van der Waals surface area contributed by atoms with Crippen molar-refractivity contribution in [1.29, 1.82) is 0 Å². The van der Waals surface area contributed by atoms with E-state index in [-0.39, 0.29) is 17.6 Å². The number of rotatable bonds is 6. The first-order valence-corrected chi connectivity index (χ1v) is 7.79. The number of carbonyl (C=O) groups excluding carboxylic acids is 1. The second-order valence-electron chi connectivity index (χ2n) is 5.69. The zero-order valence-electron chi connectivity index (χ0n) is 13.0. The van der Waals surface area contributed by atoms with Crippen LogP contribution in [0.2, 0.25) is 0 Å². The van der Waals surface area contributed by atoms with Gasteiger partial charge in [0.05, 0.1) is 11.9 Å². The van der Waals surface area contributed by atoms with Crippen molar-refractivity contribution in [2.75, 3.05) is 13.2 Å². The number of imidazole rings is 1. The van der Waals surface area contributed by atoms with E-state index >= 15 is 0 Å². The van der Waals surface area contributed by atoms with Crippen LogP contribution in [0.15, 0.2) is 12.5 Å². The lowest BCUT2D eigenvalue weighted by Crippen LogP contribution is -2.48. The lowest BCUT2D eigenvalue weighted by Gasteiger charge is -2.40. The molecule has 1 aliphatic rings. The fraction of sp³-hybridized carbons (Fsp3) is 0.733. The Bertz CT molecular complexity index is 468. The zero-order chi connectivity index (χ0) is 15.3. The van der Waals surface area contributed by atoms with E-state index in [9.17, 15) is 4.79 Å². The number of ether oxygens (including phenoxy) is 1. The lowest BCUT2D eigenvalue weighted by atomic mass is 9.86. The summed E-state index contributed by atoms with van der Waals surface area (Å²) >= 11 is 0. The molecule has 1 atom stereocenters. The normalized spacial score (nSPS) is 21.2. The fourth-order valence-corrected chi connectivity index (χ4v) is 2.90. The average Bonchev–Trinajstić information content (AvgIpc) is 2.96. The smallest absolute Gasteiger partial charge is 0.271 e. The van der Waals surface area contributed by atoms with Crippen LogP contribution in [0.25, 0.3) is 0 Å². The Morgan fingerprint density at radius 1 is 1.57 bits per heavy atom. The highest BCUT2D eigenvalue weighted by Crippen LogP contribution is 2.31. The SMILES string of the molecule is CCC1(CC)CC(NC(=O)c2cn(CCN)cn2)CCO1. The maximum atomic E-state index is 12.3. The Morgan fingerprint density at radius 2 is 2.33 bits per heavy atom. The molecule has 6 nitrogen and oxygen atoms in total. The summed E-state index contributed by atoms with van der Waals surface area (Å²) in [6.45, 7) is 6.19. The van der Waals surface area contributed by atoms with Crippen LogP contribution in [0.5, 0.6) is 0 Å². The molecule has 0 saturated carbocycles. The summed E-state index contributed by atoms with van der Waals surface area (Å²) in [5, 5.41) is 3.09. The number of amides is 1. The molecule has 2 heterocycles. The summed E-state index contributed by atoms with van der Waals surface area (Å²) in [6.07, 6.45) is 7.07. The van der Waals surface area contributed by atoms with Crippen molar-refractivity contribution >= 4 is 5.91 Å². The third kappa shape index (κ3) is 3.83.